The number of ether oxygens (including phenoxy) is 1. The number of carboxylic acids is 1. The van der Waals surface area contributed by atoms with E-state index in [9.17, 15) is 9.59 Å². The first-order valence-electron chi connectivity index (χ1n) is 7.97. The standard InChI is InChI=1S/C15H28N2O4/c1-2-4-12(6-7-14(18)19)8-9-16-15(20)17-11-13-5-3-10-21-13/h12-13H,2-11H2,1H3,(H,18,19)(H2,16,17,20). The van der Waals surface area contributed by atoms with Crippen molar-refractivity contribution in [3.63, 3.8) is 0 Å². The molecule has 0 aliphatic carbocycles. The minimum Gasteiger partial charge on any atom is -0.481 e. The van der Waals surface area contributed by atoms with Crippen LogP contribution in [0.5, 0.6) is 0 Å². The van der Waals surface area contributed by atoms with Crippen molar-refractivity contribution in [3.05, 3.63) is 0 Å². The van der Waals surface area contributed by atoms with Gasteiger partial charge in [0.1, 0.15) is 0 Å². The Morgan fingerprint density at radius 2 is 2.10 bits per heavy atom. The van der Waals surface area contributed by atoms with E-state index in [1.165, 1.54) is 0 Å². The SMILES string of the molecule is CCCC(CCNC(=O)NCC1CCCO1)CCC(=O)O. The number of aliphatic carboxylic acids is 1. The minimum absolute atomic E-state index is 0.152. The molecular formula is C15H28N2O4. The van der Waals surface area contributed by atoms with E-state index < -0.39 is 5.97 Å². The highest BCUT2D eigenvalue weighted by atomic mass is 16.5. The second kappa shape index (κ2) is 10.4. The number of nitrogens with one attached hydrogen (secondary N) is 2. The van der Waals surface area contributed by atoms with Crippen molar-refractivity contribution < 1.29 is 19.4 Å². The van der Waals surface area contributed by atoms with Gasteiger partial charge in [0.15, 0.2) is 0 Å². The Bertz CT molecular complexity index is 317. The summed E-state index contributed by atoms with van der Waals surface area (Å²) < 4.78 is 5.43. The molecule has 1 fully saturated rings. The molecular weight excluding hydrogens is 272 g/mol. The molecule has 0 spiro atoms. The van der Waals surface area contributed by atoms with Crippen molar-refractivity contribution in [1.82, 2.24) is 10.6 Å². The third-order valence-electron chi connectivity index (χ3n) is 3.82. The van der Waals surface area contributed by atoms with Crippen LogP contribution in [0.15, 0.2) is 0 Å². The van der Waals surface area contributed by atoms with Gasteiger partial charge in [-0.25, -0.2) is 4.79 Å². The normalized spacial score (nSPS) is 19.2. The second-order valence-electron chi connectivity index (χ2n) is 5.65. The average Bonchev–Trinajstić information content (AvgIpc) is 2.95. The number of hydrogen-bond acceptors (Lipinski definition) is 3. The van der Waals surface area contributed by atoms with E-state index >= 15 is 0 Å². The molecule has 2 atom stereocenters. The van der Waals surface area contributed by atoms with Gasteiger partial charge in [0.05, 0.1) is 6.10 Å². The highest BCUT2D eigenvalue weighted by Gasteiger charge is 2.16. The summed E-state index contributed by atoms with van der Waals surface area (Å²) in [6.45, 7) is 4.02. The van der Waals surface area contributed by atoms with Gasteiger partial charge in [-0.3, -0.25) is 4.79 Å². The van der Waals surface area contributed by atoms with E-state index in [0.717, 1.165) is 38.7 Å². The first kappa shape index (κ1) is 17.8. The number of urea groups is 1. The van der Waals surface area contributed by atoms with Gasteiger partial charge < -0.3 is 20.5 Å². The number of amides is 2. The topological polar surface area (TPSA) is 87.7 Å². The van der Waals surface area contributed by atoms with Crippen molar-refractivity contribution >= 4 is 12.0 Å². The lowest BCUT2D eigenvalue weighted by Gasteiger charge is -2.16. The Morgan fingerprint density at radius 1 is 1.29 bits per heavy atom. The molecule has 0 aromatic heterocycles. The van der Waals surface area contributed by atoms with Crippen LogP contribution in [0.1, 0.15) is 51.9 Å². The van der Waals surface area contributed by atoms with Crippen molar-refractivity contribution in [2.75, 3.05) is 19.7 Å². The third kappa shape index (κ3) is 8.55. The van der Waals surface area contributed by atoms with Crippen molar-refractivity contribution in [3.8, 4) is 0 Å². The largest absolute Gasteiger partial charge is 0.481 e. The minimum atomic E-state index is -0.752. The maximum Gasteiger partial charge on any atom is 0.314 e. The molecule has 1 rings (SSSR count). The molecule has 2 amide bonds. The molecule has 3 N–H and O–H groups in total. The molecule has 1 saturated heterocycles. The number of carbonyl (C=O) groups excluding carboxylic acids is 1. The number of carboxylic acid groups (broad SMARTS) is 1. The van der Waals surface area contributed by atoms with Gasteiger partial charge in [0.25, 0.3) is 0 Å². The van der Waals surface area contributed by atoms with Crippen molar-refractivity contribution in [2.24, 2.45) is 5.92 Å². The highest BCUT2D eigenvalue weighted by Crippen LogP contribution is 2.17. The fraction of sp³-hybridized carbons (Fsp3) is 0.867. The highest BCUT2D eigenvalue weighted by molar-refractivity contribution is 5.73. The fourth-order valence-corrected chi connectivity index (χ4v) is 2.63. The van der Waals surface area contributed by atoms with Gasteiger partial charge in [-0.2, -0.15) is 0 Å². The number of carbonyl (C=O) groups is 2. The second-order valence-corrected chi connectivity index (χ2v) is 5.65. The summed E-state index contributed by atoms with van der Waals surface area (Å²) >= 11 is 0. The quantitative estimate of drug-likeness (QED) is 0.577. The van der Waals surface area contributed by atoms with Crippen LogP contribution < -0.4 is 10.6 Å². The molecule has 1 aliphatic heterocycles. The zero-order chi connectivity index (χ0) is 15.5. The van der Waals surface area contributed by atoms with Crippen molar-refractivity contribution in [2.45, 2.75) is 58.0 Å². The summed E-state index contributed by atoms with van der Waals surface area (Å²) in [7, 11) is 0. The van der Waals surface area contributed by atoms with E-state index in [-0.39, 0.29) is 18.6 Å². The maximum absolute atomic E-state index is 11.6. The van der Waals surface area contributed by atoms with Crippen LogP contribution in [0, 0.1) is 5.92 Å². The molecule has 0 aromatic rings. The van der Waals surface area contributed by atoms with E-state index in [0.29, 0.717) is 25.4 Å². The molecule has 0 bridgehead atoms. The predicted octanol–water partition coefficient (Wildman–Crippen LogP) is 2.14. The lowest BCUT2D eigenvalue weighted by molar-refractivity contribution is -0.137. The molecule has 0 radical (unpaired) electrons. The fourth-order valence-electron chi connectivity index (χ4n) is 2.63. The first-order valence-corrected chi connectivity index (χ1v) is 7.97. The summed E-state index contributed by atoms with van der Waals surface area (Å²) in [6, 6.07) is -0.168. The zero-order valence-electron chi connectivity index (χ0n) is 12.9. The van der Waals surface area contributed by atoms with Crippen LogP contribution in [0.3, 0.4) is 0 Å². The molecule has 6 nitrogen and oxygen atoms in total. The van der Waals surface area contributed by atoms with E-state index in [1.54, 1.807) is 0 Å². The van der Waals surface area contributed by atoms with Gasteiger partial charge in [-0.05, 0) is 31.6 Å². The van der Waals surface area contributed by atoms with Crippen LogP contribution in [0.4, 0.5) is 4.79 Å². The van der Waals surface area contributed by atoms with Gasteiger partial charge >= 0.3 is 12.0 Å². The molecule has 0 aromatic carbocycles. The molecule has 0 saturated carbocycles. The number of hydrogen-bond donors (Lipinski definition) is 3. The summed E-state index contributed by atoms with van der Waals surface area (Å²) in [5.41, 5.74) is 0. The Kier molecular flexibility index (Phi) is 8.82. The summed E-state index contributed by atoms with van der Waals surface area (Å²) in [5.74, 6) is -0.386. The van der Waals surface area contributed by atoms with Crippen LogP contribution in [0.2, 0.25) is 0 Å². The summed E-state index contributed by atoms with van der Waals surface area (Å²) in [5, 5.41) is 14.4. The summed E-state index contributed by atoms with van der Waals surface area (Å²) in [4.78, 5) is 22.2. The van der Waals surface area contributed by atoms with Gasteiger partial charge in [0.2, 0.25) is 0 Å². The smallest absolute Gasteiger partial charge is 0.314 e. The molecule has 2 unspecified atom stereocenters. The van der Waals surface area contributed by atoms with Gasteiger partial charge in [-0.1, -0.05) is 19.8 Å². The van der Waals surface area contributed by atoms with Gasteiger partial charge in [-0.15, -0.1) is 0 Å². The third-order valence-corrected chi connectivity index (χ3v) is 3.82. The van der Waals surface area contributed by atoms with Crippen molar-refractivity contribution in [1.29, 1.82) is 0 Å². The number of rotatable bonds is 10. The van der Waals surface area contributed by atoms with E-state index in [4.69, 9.17) is 9.84 Å². The Hall–Kier alpha value is -1.30. The molecule has 1 aliphatic rings. The first-order chi connectivity index (χ1) is 10.1. The molecule has 21 heavy (non-hydrogen) atoms. The van der Waals surface area contributed by atoms with Crippen LogP contribution in [0.25, 0.3) is 0 Å². The van der Waals surface area contributed by atoms with Crippen LogP contribution >= 0.6 is 0 Å². The lowest BCUT2D eigenvalue weighted by atomic mass is 9.94. The van der Waals surface area contributed by atoms with E-state index in [2.05, 4.69) is 17.6 Å². The van der Waals surface area contributed by atoms with Crippen LogP contribution in [-0.2, 0) is 9.53 Å². The van der Waals surface area contributed by atoms with Crippen LogP contribution in [-0.4, -0.2) is 42.9 Å². The summed E-state index contributed by atoms with van der Waals surface area (Å²) in [6.07, 6.45) is 5.98. The lowest BCUT2D eigenvalue weighted by Crippen LogP contribution is -2.40. The molecule has 122 valence electrons. The predicted molar refractivity (Wildman–Crippen MR) is 80.3 cm³/mol. The monoisotopic (exact) mass is 300 g/mol. The Balaban J connectivity index is 2.10. The molecule has 6 heteroatoms. The zero-order valence-corrected chi connectivity index (χ0v) is 12.9. The van der Waals surface area contributed by atoms with Gasteiger partial charge in [0, 0.05) is 26.1 Å². The average molecular weight is 300 g/mol. The molecule has 1 heterocycles. The maximum atomic E-state index is 11.6. The van der Waals surface area contributed by atoms with E-state index in [1.807, 2.05) is 0 Å². The Morgan fingerprint density at radius 3 is 2.71 bits per heavy atom. The Labute approximate surface area is 126 Å².